The van der Waals surface area contributed by atoms with Crippen molar-refractivity contribution in [2.75, 3.05) is 92.9 Å². The molecule has 128 heavy (non-hydrogen) atoms. The number of esters is 7. The summed E-state index contributed by atoms with van der Waals surface area (Å²) < 4.78 is 136. The van der Waals surface area contributed by atoms with E-state index in [-0.39, 0.29) is 52.2 Å². The van der Waals surface area contributed by atoms with Gasteiger partial charge in [-0.1, -0.05) is 202 Å². The number of ether oxygens (including phenoxy) is 7. The lowest BCUT2D eigenvalue weighted by molar-refractivity contribution is -0.146. The van der Waals surface area contributed by atoms with Crippen molar-refractivity contribution in [3.63, 3.8) is 0 Å². The minimum absolute atomic E-state index is 0.186. The van der Waals surface area contributed by atoms with Crippen molar-refractivity contribution in [2.45, 2.75) is 184 Å². The van der Waals surface area contributed by atoms with Crippen LogP contribution in [0.2, 0.25) is 0 Å². The van der Waals surface area contributed by atoms with E-state index >= 15 is 0 Å². The first-order valence-corrected chi connectivity index (χ1v) is 55.7. The zero-order valence-electron chi connectivity index (χ0n) is 76.9. The highest BCUT2D eigenvalue weighted by Gasteiger charge is 2.34. The third-order valence-electron chi connectivity index (χ3n) is 15.5. The van der Waals surface area contributed by atoms with Crippen molar-refractivity contribution in [1.82, 2.24) is 30.5 Å². The summed E-state index contributed by atoms with van der Waals surface area (Å²) in [6, 6.07) is 51.9. The highest BCUT2D eigenvalue weighted by molar-refractivity contribution is 7.59. The molecule has 0 aliphatic rings. The molecule has 10 unspecified atom stereocenters. The van der Waals surface area contributed by atoms with Gasteiger partial charge in [0.15, 0.2) is 0 Å². The molecule has 6 aromatic carbocycles. The summed E-state index contributed by atoms with van der Waals surface area (Å²) >= 11 is 0. The summed E-state index contributed by atoms with van der Waals surface area (Å²) in [6.45, 7) is 32.1. The van der Waals surface area contributed by atoms with Crippen molar-refractivity contribution in [2.24, 2.45) is 5.73 Å². The number of rotatable bonds is 45. The maximum Gasteiger partial charge on any atom is 0.328 e. The molecule has 0 heterocycles. The van der Waals surface area contributed by atoms with Crippen LogP contribution in [0.1, 0.15) is 136 Å². The minimum atomic E-state index is -3.64. The molecule has 0 saturated heterocycles. The number of hydrogen-bond donors (Lipinski definition) is 11. The Hall–Kier alpha value is -7.38. The van der Waals surface area contributed by atoms with E-state index in [1.165, 1.54) is 40.2 Å². The Kier molecular flexibility index (Phi) is 64.9. The van der Waals surface area contributed by atoms with E-state index in [1.54, 1.807) is 69.2 Å². The van der Waals surface area contributed by atoms with Crippen molar-refractivity contribution < 1.29 is 136 Å². The molecule has 43 heteroatoms. The van der Waals surface area contributed by atoms with Crippen LogP contribution in [0.4, 0.5) is 0 Å². The quantitative estimate of drug-likeness (QED) is 0.00961. The van der Waals surface area contributed by atoms with Gasteiger partial charge in [-0.15, -0.1) is 0 Å². The van der Waals surface area contributed by atoms with Gasteiger partial charge >= 0.3 is 64.6 Å². The third kappa shape index (κ3) is 67.8. The van der Waals surface area contributed by atoms with E-state index in [4.69, 9.17) is 71.8 Å². The summed E-state index contributed by atoms with van der Waals surface area (Å²) in [5, 5.41) is 16.0. The first-order valence-electron chi connectivity index (χ1n) is 41.2. The largest absolute Gasteiger partial charge is 0.465 e. The molecule has 6 aromatic rings. The lowest BCUT2D eigenvalue weighted by Gasteiger charge is -2.26. The fraction of sp³-hybridized carbons (Fsp3) is 0.494. The molecule has 0 aromatic heterocycles. The summed E-state index contributed by atoms with van der Waals surface area (Å²) in [6.07, 6.45) is 3.40. The van der Waals surface area contributed by atoms with Crippen LogP contribution >= 0.6 is 52.7 Å². The van der Waals surface area contributed by atoms with Gasteiger partial charge < -0.3 is 76.6 Å². The molecule has 0 bridgehead atoms. The second-order valence-electron chi connectivity index (χ2n) is 28.2. The van der Waals surface area contributed by atoms with Crippen molar-refractivity contribution >= 4 is 94.5 Å². The van der Waals surface area contributed by atoms with Crippen LogP contribution in [0, 0.1) is 0 Å². The van der Waals surface area contributed by atoms with Gasteiger partial charge in [-0.2, -0.15) is 0 Å². The van der Waals surface area contributed by atoms with E-state index in [0.717, 1.165) is 66.0 Å². The summed E-state index contributed by atoms with van der Waals surface area (Å²) in [4.78, 5) is 114. The number of carbonyl (C=O) groups excluding carboxylic acids is 7. The smallest absolute Gasteiger partial charge is 0.328 e. The van der Waals surface area contributed by atoms with Gasteiger partial charge in [-0.3, -0.25) is 65.5 Å². The highest BCUT2D eigenvalue weighted by Crippen LogP contribution is 2.46. The van der Waals surface area contributed by atoms with Crippen LogP contribution in [0.5, 0.6) is 0 Å². The highest BCUT2D eigenvalue weighted by atomic mass is 31.2. The van der Waals surface area contributed by atoms with Crippen LogP contribution in [0.3, 0.4) is 0 Å². The fourth-order valence-electron chi connectivity index (χ4n) is 9.89. The standard InChI is InChI=1S/C23H31N2O5P.C15H17O3P.C13H20NO4P.C11H23N2O5P.C8H17NO2.C8H11O3P.C6H14NO4P.CH5O3P/c1-4-29-22(26)20(16-18-12-8-6-9-13-18)24-31(3,28)25-21(23(27)30-5-2)17-19-14-10-7-11-15-19;1-19(16,17-12-14-8-4-2-5-9-14)18-13-15-10-6-3-7-11-15;1-4-17-13(15)11(2)14-19(3,16)18-10-12-8-6-5-7-9-12;1-6-17-10(14)8(3)12-19(5,16)13-9(4)11(15)18-7-2;1-3-5-6-7(9)8(10)11-4-2;1-12(9,10)11-7-8-5-3-2-4-6-8;1-4-11-6(8)5(2)7-12(3,9)10;1-5(2,3)4/h6-15,20-21H,4-5,16-17H2,1-3H3,(H2,24,25,28);2-11H,12-13H2,1H3;5-9,11H,4,10H2,1-3H3,(H,14,16);8-9H,6-7H2,1-5H3,(H2,12,13,16);7H,3-6,9H2,1-2H3;2-6H,7H2,1H3,(H,9,10);5H,4H2,1-3H3,(H2,7,9,10);1H3,(H2,2,3,4). The Morgan fingerprint density at radius 1 is 0.320 bits per heavy atom. The topological polar surface area (TPSA) is 520 Å². The molecule has 0 spiro atoms. The van der Waals surface area contributed by atoms with Gasteiger partial charge in [0.2, 0.25) is 14.9 Å². The van der Waals surface area contributed by atoms with Crippen LogP contribution < -0.4 is 36.3 Å². The zero-order chi connectivity index (χ0) is 97.6. The summed E-state index contributed by atoms with van der Waals surface area (Å²) in [5.74, 6) is -3.20. The van der Waals surface area contributed by atoms with Crippen molar-refractivity contribution in [3.8, 4) is 0 Å². The first-order chi connectivity index (χ1) is 59.8. The lowest BCUT2D eigenvalue weighted by Crippen LogP contribution is -2.45. The van der Waals surface area contributed by atoms with Crippen LogP contribution in [0.25, 0.3) is 0 Å². The van der Waals surface area contributed by atoms with E-state index in [0.29, 0.717) is 39.3 Å². The Bertz CT molecular complexity index is 4280. The predicted octanol–water partition coefficient (Wildman–Crippen LogP) is 14.3. The second-order valence-corrected chi connectivity index (χ2v) is 42.7. The van der Waals surface area contributed by atoms with Gasteiger partial charge in [0.25, 0.3) is 15.0 Å². The third-order valence-corrected chi connectivity index (χ3v) is 23.0. The molecule has 6 rings (SSSR count). The Balaban J connectivity index is 0. The van der Waals surface area contributed by atoms with Crippen molar-refractivity contribution in [1.29, 1.82) is 0 Å². The van der Waals surface area contributed by atoms with Gasteiger partial charge in [0.05, 0.1) is 72.7 Å². The molecular weight excluding hydrogens is 1800 g/mol. The molecule has 722 valence electrons. The molecule has 0 saturated carbocycles. The molecule has 0 radical (unpaired) electrons. The van der Waals surface area contributed by atoms with Gasteiger partial charge in [0, 0.05) is 46.7 Å². The lowest BCUT2D eigenvalue weighted by atomic mass is 10.1. The number of nitrogens with one attached hydrogen (secondary N) is 6. The first kappa shape index (κ1) is 123. The summed E-state index contributed by atoms with van der Waals surface area (Å²) in [5.41, 5.74) is 11.1. The van der Waals surface area contributed by atoms with Gasteiger partial charge in [-0.05, 0) is 129 Å². The Morgan fingerprint density at radius 3 is 0.820 bits per heavy atom. The van der Waals surface area contributed by atoms with Crippen LogP contribution in [-0.4, -0.2) is 197 Å². The summed E-state index contributed by atoms with van der Waals surface area (Å²) in [7, 11) is -22.8. The van der Waals surface area contributed by atoms with Crippen LogP contribution in [-0.2, 0) is 156 Å². The van der Waals surface area contributed by atoms with E-state index in [1.807, 2.05) is 182 Å². The maximum absolute atomic E-state index is 13.4. The van der Waals surface area contributed by atoms with E-state index in [9.17, 15) is 65.5 Å². The fourth-order valence-corrected chi connectivity index (χ4v) is 16.6. The molecular formula is C85H138N7O29P7. The number of nitrogens with two attached hydrogens (primary N) is 1. The Labute approximate surface area is 755 Å². The SMILES string of the molecule is CCCCC(N)C(=O)OCC.CCOC(=O)C(C)NP(C)(=O)NC(C)C(=O)OCC.CCOC(=O)C(C)NP(C)(=O)O.CCOC(=O)C(C)NP(C)(=O)OCc1ccccc1.CCOC(=O)C(Cc1ccccc1)NP(C)(=O)NC(Cc1ccccc1)C(=O)OCC.CP(=O)(O)O.CP(=O)(O)OCc1ccccc1.CP(=O)(OCc1ccccc1)OCc1ccccc1. The zero-order valence-corrected chi connectivity index (χ0v) is 83.1. The number of benzene rings is 6. The van der Waals surface area contributed by atoms with Crippen LogP contribution in [0.15, 0.2) is 182 Å². The van der Waals surface area contributed by atoms with Crippen molar-refractivity contribution in [3.05, 3.63) is 215 Å². The molecule has 36 nitrogen and oxygen atoms in total. The molecule has 0 aliphatic heterocycles. The molecule has 0 aliphatic carbocycles. The second kappa shape index (κ2) is 67.7. The van der Waals surface area contributed by atoms with Gasteiger partial charge in [-0.25, -0.2) is 30.5 Å². The maximum atomic E-state index is 13.4. The molecule has 12 N–H and O–H groups in total. The number of carbonyl (C=O) groups is 7. The Morgan fingerprint density at radius 2 is 0.555 bits per heavy atom. The molecule has 10 atom stereocenters. The average Bonchev–Trinajstić information content (AvgIpc) is 0.843. The predicted molar refractivity (Wildman–Crippen MR) is 497 cm³/mol. The minimum Gasteiger partial charge on any atom is -0.465 e. The molecule has 0 fully saturated rings. The number of unbranched alkanes of at least 4 members (excludes halogenated alkanes) is 1. The normalized spacial score (nSPS) is 14.8. The average molecular weight is 1940 g/mol. The van der Waals surface area contributed by atoms with E-state index in [2.05, 4.69) is 42.2 Å². The monoisotopic (exact) mass is 1940 g/mol. The molecule has 0 amide bonds. The van der Waals surface area contributed by atoms with E-state index < -0.39 is 131 Å². The van der Waals surface area contributed by atoms with Gasteiger partial charge in [0.1, 0.15) is 42.3 Å². The number of hydrogen-bond acceptors (Lipinski definition) is 26.